The molecule has 0 atom stereocenters. The van der Waals surface area contributed by atoms with Crippen LogP contribution in [-0.2, 0) is 4.79 Å². The van der Waals surface area contributed by atoms with Gasteiger partial charge in [0, 0.05) is 13.1 Å². The van der Waals surface area contributed by atoms with Crippen molar-refractivity contribution in [1.29, 1.82) is 0 Å². The molecule has 0 aliphatic heterocycles. The van der Waals surface area contributed by atoms with Gasteiger partial charge in [0.05, 0.1) is 0 Å². The molecule has 0 fully saturated rings. The predicted molar refractivity (Wildman–Crippen MR) is 58.1 cm³/mol. The average Bonchev–Trinajstić information content (AvgIpc) is 2.27. The average molecular weight is 204 g/mol. The summed E-state index contributed by atoms with van der Waals surface area (Å²) in [5, 5.41) is 4.41. The van der Waals surface area contributed by atoms with Crippen LogP contribution in [0.2, 0.25) is 0 Å². The van der Waals surface area contributed by atoms with Crippen molar-refractivity contribution in [3.05, 3.63) is 42.0 Å². The van der Waals surface area contributed by atoms with Gasteiger partial charge < -0.3 is 5.32 Å². The number of rotatable bonds is 2. The Morgan fingerprint density at radius 1 is 1.20 bits per heavy atom. The smallest absolute Gasteiger partial charge is 0.321 e. The van der Waals surface area contributed by atoms with E-state index in [1.165, 1.54) is 13.1 Å². The molecule has 0 saturated carbocycles. The molecule has 4 nitrogen and oxygen atoms in total. The molecule has 1 rings (SSSR count). The van der Waals surface area contributed by atoms with Crippen LogP contribution in [0.4, 0.5) is 4.79 Å². The summed E-state index contributed by atoms with van der Waals surface area (Å²) < 4.78 is 0. The first-order valence-electron chi connectivity index (χ1n) is 4.48. The molecular formula is C11H12N2O2. The normalized spacial score (nSPS) is 9.93. The zero-order valence-corrected chi connectivity index (χ0v) is 8.36. The lowest BCUT2D eigenvalue weighted by Crippen LogP contribution is -2.36. The molecule has 4 heteroatoms. The summed E-state index contributed by atoms with van der Waals surface area (Å²) in [5.41, 5.74) is 0.907. The molecule has 0 aromatic heterocycles. The van der Waals surface area contributed by atoms with Gasteiger partial charge in [-0.3, -0.25) is 10.1 Å². The van der Waals surface area contributed by atoms with Crippen molar-refractivity contribution in [2.75, 3.05) is 7.05 Å². The third-order valence-electron chi connectivity index (χ3n) is 1.69. The van der Waals surface area contributed by atoms with E-state index in [4.69, 9.17) is 0 Å². The van der Waals surface area contributed by atoms with E-state index in [-0.39, 0.29) is 0 Å². The molecule has 0 radical (unpaired) electrons. The molecule has 0 heterocycles. The Morgan fingerprint density at radius 2 is 1.87 bits per heavy atom. The van der Waals surface area contributed by atoms with Crippen LogP contribution in [0.15, 0.2) is 36.4 Å². The van der Waals surface area contributed by atoms with Crippen molar-refractivity contribution < 1.29 is 9.59 Å². The second-order valence-electron chi connectivity index (χ2n) is 2.81. The summed E-state index contributed by atoms with van der Waals surface area (Å²) in [6, 6.07) is 8.85. The van der Waals surface area contributed by atoms with E-state index in [1.54, 1.807) is 6.08 Å². The molecule has 0 spiro atoms. The highest BCUT2D eigenvalue weighted by molar-refractivity contribution is 6.02. The van der Waals surface area contributed by atoms with Crippen LogP contribution in [0.25, 0.3) is 6.08 Å². The fourth-order valence-corrected chi connectivity index (χ4v) is 0.952. The van der Waals surface area contributed by atoms with Gasteiger partial charge in [-0.1, -0.05) is 30.3 Å². The minimum Gasteiger partial charge on any atom is -0.341 e. The molecule has 0 aliphatic carbocycles. The van der Waals surface area contributed by atoms with E-state index in [0.717, 1.165) is 5.56 Å². The van der Waals surface area contributed by atoms with Gasteiger partial charge >= 0.3 is 6.03 Å². The van der Waals surface area contributed by atoms with Crippen molar-refractivity contribution in [2.24, 2.45) is 0 Å². The molecule has 2 N–H and O–H groups in total. The topological polar surface area (TPSA) is 58.2 Å². The van der Waals surface area contributed by atoms with Gasteiger partial charge in [0.15, 0.2) is 0 Å². The van der Waals surface area contributed by atoms with Crippen LogP contribution >= 0.6 is 0 Å². The number of hydrogen-bond acceptors (Lipinski definition) is 2. The second kappa shape index (κ2) is 5.59. The number of nitrogens with one attached hydrogen (secondary N) is 2. The zero-order chi connectivity index (χ0) is 11.1. The Morgan fingerprint density at radius 3 is 2.47 bits per heavy atom. The van der Waals surface area contributed by atoms with Crippen molar-refractivity contribution in [3.63, 3.8) is 0 Å². The van der Waals surface area contributed by atoms with Crippen molar-refractivity contribution >= 4 is 18.0 Å². The van der Waals surface area contributed by atoms with E-state index in [0.29, 0.717) is 0 Å². The Balaban J connectivity index is 2.52. The summed E-state index contributed by atoms with van der Waals surface area (Å²) in [4.78, 5) is 21.9. The Labute approximate surface area is 88.0 Å². The van der Waals surface area contributed by atoms with Gasteiger partial charge in [-0.15, -0.1) is 0 Å². The molecular weight excluding hydrogens is 192 g/mol. The number of urea groups is 1. The van der Waals surface area contributed by atoms with E-state index >= 15 is 0 Å². The second-order valence-corrected chi connectivity index (χ2v) is 2.81. The molecule has 3 amide bonds. The number of benzene rings is 1. The molecule has 0 unspecified atom stereocenters. The van der Waals surface area contributed by atoms with Crippen LogP contribution in [0.5, 0.6) is 0 Å². The van der Waals surface area contributed by atoms with Crippen LogP contribution in [0, 0.1) is 0 Å². The molecule has 0 saturated heterocycles. The van der Waals surface area contributed by atoms with E-state index in [2.05, 4.69) is 10.6 Å². The maximum atomic E-state index is 11.1. The quantitative estimate of drug-likeness (QED) is 0.710. The molecule has 1 aromatic carbocycles. The summed E-state index contributed by atoms with van der Waals surface area (Å²) in [6.45, 7) is 0. The van der Waals surface area contributed by atoms with Gasteiger partial charge in [0.25, 0.3) is 5.91 Å². The third-order valence-corrected chi connectivity index (χ3v) is 1.69. The van der Waals surface area contributed by atoms with Crippen LogP contribution in [0.3, 0.4) is 0 Å². The van der Waals surface area contributed by atoms with Crippen LogP contribution in [-0.4, -0.2) is 19.0 Å². The van der Waals surface area contributed by atoms with Crippen molar-refractivity contribution in [2.45, 2.75) is 0 Å². The highest BCUT2D eigenvalue weighted by Crippen LogP contribution is 2.00. The lowest BCUT2D eigenvalue weighted by molar-refractivity contribution is -0.115. The van der Waals surface area contributed by atoms with Gasteiger partial charge in [0.2, 0.25) is 0 Å². The maximum absolute atomic E-state index is 11.1. The van der Waals surface area contributed by atoms with Gasteiger partial charge in [0.1, 0.15) is 0 Å². The zero-order valence-electron chi connectivity index (χ0n) is 8.36. The maximum Gasteiger partial charge on any atom is 0.321 e. The summed E-state index contributed by atoms with van der Waals surface area (Å²) in [6.07, 6.45) is 2.95. The molecule has 0 aliphatic rings. The molecule has 78 valence electrons. The van der Waals surface area contributed by atoms with E-state index in [9.17, 15) is 9.59 Å². The highest BCUT2D eigenvalue weighted by Gasteiger charge is 1.99. The number of amides is 3. The summed E-state index contributed by atoms with van der Waals surface area (Å²) >= 11 is 0. The van der Waals surface area contributed by atoms with E-state index in [1.807, 2.05) is 30.3 Å². The SMILES string of the molecule is CNC(=O)NC(=O)C=Cc1ccccc1. The van der Waals surface area contributed by atoms with Gasteiger partial charge in [-0.25, -0.2) is 4.79 Å². The Bertz CT molecular complexity index is 371. The molecule has 15 heavy (non-hydrogen) atoms. The standard InChI is InChI=1S/C11H12N2O2/c1-12-11(15)13-10(14)8-7-9-5-3-2-4-6-9/h2-8H,1H3,(H2,12,13,14,15). The largest absolute Gasteiger partial charge is 0.341 e. The molecule has 0 bridgehead atoms. The van der Waals surface area contributed by atoms with Crippen molar-refractivity contribution in [1.82, 2.24) is 10.6 Å². The first kappa shape index (κ1) is 11.0. The van der Waals surface area contributed by atoms with E-state index < -0.39 is 11.9 Å². The highest BCUT2D eigenvalue weighted by atomic mass is 16.2. The fourth-order valence-electron chi connectivity index (χ4n) is 0.952. The third kappa shape index (κ3) is 4.08. The minimum atomic E-state index is -0.516. The van der Waals surface area contributed by atoms with Gasteiger partial charge in [-0.05, 0) is 11.6 Å². The first-order chi connectivity index (χ1) is 7.22. The van der Waals surface area contributed by atoms with Crippen molar-refractivity contribution in [3.8, 4) is 0 Å². The van der Waals surface area contributed by atoms with Gasteiger partial charge in [-0.2, -0.15) is 0 Å². The number of imide groups is 1. The number of carbonyl (C=O) groups excluding carboxylic acids is 2. The van der Waals surface area contributed by atoms with Crippen LogP contribution < -0.4 is 10.6 Å². The lowest BCUT2D eigenvalue weighted by Gasteiger charge is -1.97. The Kier molecular flexibility index (Phi) is 4.09. The lowest BCUT2D eigenvalue weighted by atomic mass is 10.2. The molecule has 1 aromatic rings. The Hall–Kier alpha value is -2.10. The number of carbonyl (C=O) groups is 2. The van der Waals surface area contributed by atoms with Crippen LogP contribution in [0.1, 0.15) is 5.56 Å². The predicted octanol–water partition coefficient (Wildman–Crippen LogP) is 1.16. The fraction of sp³-hybridized carbons (Fsp3) is 0.0909. The summed E-state index contributed by atoms with van der Waals surface area (Å²) in [5.74, 6) is -0.446. The summed E-state index contributed by atoms with van der Waals surface area (Å²) in [7, 11) is 1.45. The minimum absolute atomic E-state index is 0.446. The number of hydrogen-bond donors (Lipinski definition) is 2. The first-order valence-corrected chi connectivity index (χ1v) is 4.48. The monoisotopic (exact) mass is 204 g/mol.